The van der Waals surface area contributed by atoms with Gasteiger partial charge in [-0.25, -0.2) is 12.7 Å². The number of pyridine rings is 1. The topological polar surface area (TPSA) is 72.5 Å². The first-order valence-corrected chi connectivity index (χ1v) is 10.4. The van der Waals surface area contributed by atoms with Crippen LogP contribution in [0, 0.1) is 5.92 Å². The van der Waals surface area contributed by atoms with Crippen molar-refractivity contribution in [2.45, 2.75) is 32.2 Å². The third-order valence-corrected chi connectivity index (χ3v) is 7.22. The maximum absolute atomic E-state index is 12.9. The average molecular weight is 362 g/mol. The van der Waals surface area contributed by atoms with E-state index in [1.54, 1.807) is 28.8 Å². The largest absolute Gasteiger partial charge is 0.464 e. The van der Waals surface area contributed by atoms with Gasteiger partial charge in [0.2, 0.25) is 10.0 Å². The Bertz CT molecular complexity index is 930. The van der Waals surface area contributed by atoms with Crippen LogP contribution in [-0.4, -0.2) is 36.1 Å². The van der Waals surface area contributed by atoms with Crippen molar-refractivity contribution >= 4 is 10.0 Å². The SMILES string of the molecule is CCCS(=O)(=O)N1CC2CC(C1)c1ccc(-c3ccco3)c(=O)n1C2. The van der Waals surface area contributed by atoms with Gasteiger partial charge in [-0.3, -0.25) is 4.79 Å². The Kier molecular flexibility index (Phi) is 4.08. The average Bonchev–Trinajstić information content (AvgIpc) is 3.10. The highest BCUT2D eigenvalue weighted by Gasteiger charge is 2.38. The van der Waals surface area contributed by atoms with Crippen molar-refractivity contribution in [3.63, 3.8) is 0 Å². The lowest BCUT2D eigenvalue weighted by molar-refractivity contribution is 0.186. The van der Waals surface area contributed by atoms with E-state index in [0.717, 1.165) is 12.1 Å². The van der Waals surface area contributed by atoms with E-state index in [9.17, 15) is 13.2 Å². The highest BCUT2D eigenvalue weighted by Crippen LogP contribution is 2.36. The molecule has 2 aromatic heterocycles. The van der Waals surface area contributed by atoms with Crippen LogP contribution in [-0.2, 0) is 16.6 Å². The first-order valence-electron chi connectivity index (χ1n) is 8.75. The molecule has 4 heterocycles. The van der Waals surface area contributed by atoms with Gasteiger partial charge in [-0.15, -0.1) is 0 Å². The third-order valence-electron chi connectivity index (χ3n) is 5.21. The van der Waals surface area contributed by atoms with Crippen molar-refractivity contribution < 1.29 is 12.8 Å². The van der Waals surface area contributed by atoms with E-state index in [4.69, 9.17) is 4.42 Å². The molecular weight excluding hydrogens is 340 g/mol. The Morgan fingerprint density at radius 1 is 1.20 bits per heavy atom. The number of hydrogen-bond donors (Lipinski definition) is 0. The third kappa shape index (κ3) is 2.85. The molecule has 0 radical (unpaired) electrons. The molecule has 0 spiro atoms. The maximum Gasteiger partial charge on any atom is 0.261 e. The summed E-state index contributed by atoms with van der Waals surface area (Å²) in [7, 11) is -3.20. The second kappa shape index (κ2) is 6.14. The summed E-state index contributed by atoms with van der Waals surface area (Å²) < 4.78 is 33.7. The van der Waals surface area contributed by atoms with Crippen molar-refractivity contribution in [2.24, 2.45) is 5.92 Å². The van der Waals surface area contributed by atoms with Gasteiger partial charge >= 0.3 is 0 Å². The highest BCUT2D eigenvalue weighted by atomic mass is 32.2. The van der Waals surface area contributed by atoms with Gasteiger partial charge in [0.25, 0.3) is 5.56 Å². The minimum absolute atomic E-state index is 0.0491. The minimum atomic E-state index is -3.20. The van der Waals surface area contributed by atoms with Crippen LogP contribution in [0.25, 0.3) is 11.3 Å². The van der Waals surface area contributed by atoms with Crippen LogP contribution >= 0.6 is 0 Å². The molecule has 2 unspecified atom stereocenters. The van der Waals surface area contributed by atoms with Gasteiger partial charge in [0.05, 0.1) is 17.6 Å². The lowest BCUT2D eigenvalue weighted by atomic mass is 9.84. The molecule has 2 aliphatic heterocycles. The minimum Gasteiger partial charge on any atom is -0.464 e. The molecule has 7 heteroatoms. The maximum atomic E-state index is 12.9. The van der Waals surface area contributed by atoms with Gasteiger partial charge in [0.15, 0.2) is 0 Å². The van der Waals surface area contributed by atoms with Gasteiger partial charge in [0.1, 0.15) is 5.76 Å². The highest BCUT2D eigenvalue weighted by molar-refractivity contribution is 7.89. The van der Waals surface area contributed by atoms with Crippen molar-refractivity contribution in [1.82, 2.24) is 8.87 Å². The number of furan rings is 1. The Labute approximate surface area is 147 Å². The fourth-order valence-corrected chi connectivity index (χ4v) is 5.75. The second-order valence-corrected chi connectivity index (χ2v) is 9.09. The van der Waals surface area contributed by atoms with Crippen molar-refractivity contribution in [3.05, 3.63) is 46.6 Å². The van der Waals surface area contributed by atoms with Crippen molar-refractivity contribution in [2.75, 3.05) is 18.8 Å². The van der Waals surface area contributed by atoms with Gasteiger partial charge in [0, 0.05) is 31.2 Å². The molecule has 25 heavy (non-hydrogen) atoms. The van der Waals surface area contributed by atoms with Crippen LogP contribution in [0.2, 0.25) is 0 Å². The Balaban J connectivity index is 1.70. The van der Waals surface area contributed by atoms with E-state index in [0.29, 0.717) is 37.4 Å². The second-order valence-electron chi connectivity index (χ2n) is 7.00. The predicted octanol–water partition coefficient (Wildman–Crippen LogP) is 2.27. The predicted molar refractivity (Wildman–Crippen MR) is 94.9 cm³/mol. The summed E-state index contributed by atoms with van der Waals surface area (Å²) in [6, 6.07) is 7.30. The number of aromatic nitrogens is 1. The van der Waals surface area contributed by atoms with Crippen molar-refractivity contribution in [3.8, 4) is 11.3 Å². The summed E-state index contributed by atoms with van der Waals surface area (Å²) in [5.74, 6) is 1.03. The molecule has 2 atom stereocenters. The van der Waals surface area contributed by atoms with Gasteiger partial charge < -0.3 is 8.98 Å². The van der Waals surface area contributed by atoms with E-state index in [1.807, 2.05) is 17.6 Å². The molecule has 0 saturated carbocycles. The lowest BCUT2D eigenvalue weighted by Crippen LogP contribution is -2.49. The zero-order valence-electron chi connectivity index (χ0n) is 14.2. The van der Waals surface area contributed by atoms with Crippen molar-refractivity contribution in [1.29, 1.82) is 0 Å². The summed E-state index contributed by atoms with van der Waals surface area (Å²) in [5.41, 5.74) is 1.45. The van der Waals surface area contributed by atoms with Crippen LogP contribution in [0.3, 0.4) is 0 Å². The van der Waals surface area contributed by atoms with Crippen LogP contribution in [0.15, 0.2) is 39.7 Å². The van der Waals surface area contributed by atoms with Crippen LogP contribution in [0.1, 0.15) is 31.4 Å². The number of nitrogens with zero attached hydrogens (tertiary/aromatic N) is 2. The standard InChI is InChI=1S/C18H22N2O4S/c1-2-8-25(22,23)19-10-13-9-14(12-19)16-6-5-15(17-4-3-7-24-17)18(21)20(16)11-13/h3-7,13-14H,2,8-12H2,1H3. The molecule has 0 N–H and O–H groups in total. The summed E-state index contributed by atoms with van der Waals surface area (Å²) in [6.45, 7) is 3.43. The normalized spacial score (nSPS) is 23.4. The number of rotatable bonds is 4. The lowest BCUT2D eigenvalue weighted by Gasteiger charge is -2.42. The van der Waals surface area contributed by atoms with E-state index in [2.05, 4.69) is 0 Å². The number of sulfonamides is 1. The quantitative estimate of drug-likeness (QED) is 0.836. The van der Waals surface area contributed by atoms with Gasteiger partial charge in [-0.2, -0.15) is 0 Å². The Morgan fingerprint density at radius 2 is 2.04 bits per heavy atom. The van der Waals surface area contributed by atoms with E-state index < -0.39 is 10.0 Å². The molecule has 1 saturated heterocycles. The molecular formula is C18H22N2O4S. The summed E-state index contributed by atoms with van der Waals surface area (Å²) in [4.78, 5) is 12.9. The fraction of sp³-hybridized carbons (Fsp3) is 0.500. The van der Waals surface area contributed by atoms with Crippen LogP contribution in [0.4, 0.5) is 0 Å². The van der Waals surface area contributed by atoms with Crippen LogP contribution < -0.4 is 5.56 Å². The number of piperidine rings is 1. The molecule has 2 aromatic rings. The first kappa shape index (κ1) is 16.6. The number of hydrogen-bond acceptors (Lipinski definition) is 4. The summed E-state index contributed by atoms with van der Waals surface area (Å²) in [5, 5.41) is 0. The zero-order valence-corrected chi connectivity index (χ0v) is 15.0. The molecule has 0 amide bonds. The fourth-order valence-electron chi connectivity index (χ4n) is 4.14. The molecule has 0 aliphatic carbocycles. The molecule has 4 rings (SSSR count). The summed E-state index contributed by atoms with van der Waals surface area (Å²) in [6.07, 6.45) is 3.12. The van der Waals surface area contributed by atoms with Gasteiger partial charge in [-0.1, -0.05) is 6.92 Å². The Morgan fingerprint density at radius 3 is 2.76 bits per heavy atom. The van der Waals surface area contributed by atoms with E-state index in [1.165, 1.54) is 0 Å². The van der Waals surface area contributed by atoms with Gasteiger partial charge in [-0.05, 0) is 43.0 Å². The molecule has 1 fully saturated rings. The molecule has 2 bridgehead atoms. The first-order chi connectivity index (χ1) is 12.0. The van der Waals surface area contributed by atoms with E-state index >= 15 is 0 Å². The smallest absolute Gasteiger partial charge is 0.261 e. The van der Waals surface area contributed by atoms with Crippen LogP contribution in [0.5, 0.6) is 0 Å². The molecule has 0 aromatic carbocycles. The molecule has 134 valence electrons. The molecule has 2 aliphatic rings. The number of fused-ring (bicyclic) bond motifs is 4. The Hall–Kier alpha value is -1.86. The summed E-state index contributed by atoms with van der Waals surface area (Å²) >= 11 is 0. The van der Waals surface area contributed by atoms with E-state index in [-0.39, 0.29) is 23.1 Å². The zero-order chi connectivity index (χ0) is 17.6. The molecule has 6 nitrogen and oxygen atoms in total. The monoisotopic (exact) mass is 362 g/mol.